The summed E-state index contributed by atoms with van der Waals surface area (Å²) in [5.41, 5.74) is 2.52. The molecule has 0 N–H and O–H groups in total. The second-order valence-electron chi connectivity index (χ2n) is 8.28. The molecule has 0 spiro atoms. The monoisotopic (exact) mass is 481 g/mol. The maximum absolute atomic E-state index is 13.9. The molecule has 6 nitrogen and oxygen atoms in total. The van der Waals surface area contributed by atoms with Crippen LogP contribution in [0, 0.1) is 12.7 Å². The first kappa shape index (κ1) is 23.1. The van der Waals surface area contributed by atoms with Crippen molar-refractivity contribution >= 4 is 5.91 Å². The Bertz CT molecular complexity index is 1450. The van der Waals surface area contributed by atoms with E-state index in [1.807, 2.05) is 67.6 Å². The zero-order valence-electron chi connectivity index (χ0n) is 19.7. The van der Waals surface area contributed by atoms with Gasteiger partial charge in [0.2, 0.25) is 5.88 Å². The van der Waals surface area contributed by atoms with Crippen molar-refractivity contribution in [1.82, 2.24) is 14.7 Å². The number of benzene rings is 3. The van der Waals surface area contributed by atoms with Crippen LogP contribution in [0.2, 0.25) is 0 Å². The lowest BCUT2D eigenvalue weighted by Gasteiger charge is -2.22. The number of hydrogen-bond acceptors (Lipinski definition) is 4. The van der Waals surface area contributed by atoms with Crippen molar-refractivity contribution in [3.05, 3.63) is 132 Å². The number of aromatic nitrogens is 2. The third-order valence-corrected chi connectivity index (χ3v) is 5.73. The molecule has 0 aliphatic rings. The van der Waals surface area contributed by atoms with Gasteiger partial charge in [0, 0.05) is 5.56 Å². The maximum atomic E-state index is 13.9. The molecule has 36 heavy (non-hydrogen) atoms. The number of nitrogens with zero attached hydrogens (tertiary/aromatic N) is 3. The Hall–Kier alpha value is -4.65. The summed E-state index contributed by atoms with van der Waals surface area (Å²) >= 11 is 0. The fourth-order valence-corrected chi connectivity index (χ4v) is 3.95. The standard InChI is InChI=1S/C29H24FN3O3/c1-21-27(20-32(19-26-16-9-17-35-26)28(34)22-10-8-11-23(30)18-22)29(36-25-14-6-3-7-15-25)33(31-21)24-12-4-2-5-13-24/h2-18H,19-20H2,1H3. The summed E-state index contributed by atoms with van der Waals surface area (Å²) in [6.07, 6.45) is 1.56. The molecule has 0 saturated heterocycles. The van der Waals surface area contributed by atoms with Crippen LogP contribution in [0.5, 0.6) is 11.6 Å². The summed E-state index contributed by atoms with van der Waals surface area (Å²) < 4.78 is 27.5. The van der Waals surface area contributed by atoms with Crippen molar-refractivity contribution < 1.29 is 18.3 Å². The first-order valence-electron chi connectivity index (χ1n) is 11.5. The first-order valence-corrected chi connectivity index (χ1v) is 11.5. The predicted octanol–water partition coefficient (Wildman–Crippen LogP) is 6.55. The van der Waals surface area contributed by atoms with Crippen molar-refractivity contribution in [3.63, 3.8) is 0 Å². The highest BCUT2D eigenvalue weighted by molar-refractivity contribution is 5.94. The number of rotatable bonds is 8. The smallest absolute Gasteiger partial charge is 0.254 e. The van der Waals surface area contributed by atoms with E-state index in [9.17, 15) is 9.18 Å². The lowest BCUT2D eigenvalue weighted by molar-refractivity contribution is 0.0716. The normalized spacial score (nSPS) is 10.8. The number of halogens is 1. The molecule has 180 valence electrons. The minimum atomic E-state index is -0.472. The Morgan fingerprint density at radius 3 is 2.39 bits per heavy atom. The quantitative estimate of drug-likeness (QED) is 0.252. The van der Waals surface area contributed by atoms with E-state index in [1.54, 1.807) is 34.0 Å². The zero-order valence-corrected chi connectivity index (χ0v) is 19.7. The van der Waals surface area contributed by atoms with Crippen molar-refractivity contribution in [2.24, 2.45) is 0 Å². The summed E-state index contributed by atoms with van der Waals surface area (Å²) in [7, 11) is 0. The van der Waals surface area contributed by atoms with Gasteiger partial charge in [-0.2, -0.15) is 5.10 Å². The van der Waals surface area contributed by atoms with Crippen LogP contribution in [-0.2, 0) is 13.1 Å². The van der Waals surface area contributed by atoms with E-state index in [-0.39, 0.29) is 24.6 Å². The molecular formula is C29H24FN3O3. The van der Waals surface area contributed by atoms with Gasteiger partial charge in [0.15, 0.2) is 0 Å². The second kappa shape index (κ2) is 10.3. The largest absolute Gasteiger partial charge is 0.467 e. The zero-order chi connectivity index (χ0) is 24.9. The van der Waals surface area contributed by atoms with Crippen LogP contribution in [-0.4, -0.2) is 20.6 Å². The van der Waals surface area contributed by atoms with E-state index in [2.05, 4.69) is 0 Å². The Kier molecular flexibility index (Phi) is 6.62. The minimum Gasteiger partial charge on any atom is -0.467 e. The van der Waals surface area contributed by atoms with E-state index in [1.165, 1.54) is 18.2 Å². The van der Waals surface area contributed by atoms with E-state index >= 15 is 0 Å². The van der Waals surface area contributed by atoms with E-state index in [4.69, 9.17) is 14.3 Å². The first-order chi connectivity index (χ1) is 17.6. The summed E-state index contributed by atoms with van der Waals surface area (Å²) in [4.78, 5) is 15.1. The van der Waals surface area contributed by atoms with Crippen molar-refractivity contribution in [1.29, 1.82) is 0 Å². The molecule has 2 aromatic heterocycles. The van der Waals surface area contributed by atoms with E-state index in [0.717, 1.165) is 11.3 Å². The number of carbonyl (C=O) groups excluding carboxylic acids is 1. The van der Waals surface area contributed by atoms with Gasteiger partial charge < -0.3 is 14.1 Å². The molecular weight excluding hydrogens is 457 g/mol. The molecule has 0 fully saturated rings. The van der Waals surface area contributed by atoms with E-state index < -0.39 is 5.82 Å². The van der Waals surface area contributed by atoms with Gasteiger partial charge in [-0.05, 0) is 61.5 Å². The molecule has 2 heterocycles. The van der Waals surface area contributed by atoms with Gasteiger partial charge in [-0.25, -0.2) is 9.07 Å². The fourth-order valence-electron chi connectivity index (χ4n) is 3.95. The summed E-state index contributed by atoms with van der Waals surface area (Å²) in [5, 5.41) is 4.74. The van der Waals surface area contributed by atoms with E-state index in [0.29, 0.717) is 23.1 Å². The molecule has 0 bridgehead atoms. The Morgan fingerprint density at radius 1 is 0.944 bits per heavy atom. The maximum Gasteiger partial charge on any atom is 0.254 e. The number of ether oxygens (including phenoxy) is 1. The van der Waals surface area contributed by atoms with Gasteiger partial charge in [0.25, 0.3) is 5.91 Å². The molecule has 0 atom stereocenters. The van der Waals surface area contributed by atoms with Crippen LogP contribution in [0.15, 0.2) is 108 Å². The fraction of sp³-hybridized carbons (Fsp3) is 0.103. The number of furan rings is 1. The molecule has 3 aromatic carbocycles. The summed E-state index contributed by atoms with van der Waals surface area (Å²) in [6.45, 7) is 2.25. The van der Waals surface area contributed by atoms with Crippen LogP contribution in [0.3, 0.4) is 0 Å². The summed E-state index contributed by atoms with van der Waals surface area (Å²) in [5.74, 6) is 0.952. The molecule has 0 aliphatic carbocycles. The third kappa shape index (κ3) is 5.05. The number of para-hydroxylation sites is 2. The molecule has 7 heteroatoms. The highest BCUT2D eigenvalue weighted by atomic mass is 19.1. The number of aryl methyl sites for hydroxylation is 1. The predicted molar refractivity (Wildman–Crippen MR) is 134 cm³/mol. The van der Waals surface area contributed by atoms with Crippen LogP contribution in [0.1, 0.15) is 27.4 Å². The molecule has 1 amide bonds. The second-order valence-corrected chi connectivity index (χ2v) is 8.28. The van der Waals surface area contributed by atoms with Gasteiger partial charge in [0.1, 0.15) is 17.3 Å². The lowest BCUT2D eigenvalue weighted by Crippen LogP contribution is -2.30. The topological polar surface area (TPSA) is 60.5 Å². The molecule has 0 unspecified atom stereocenters. The Morgan fingerprint density at radius 2 is 1.69 bits per heavy atom. The Labute approximate surface area is 208 Å². The van der Waals surface area contributed by atoms with Crippen LogP contribution in [0.25, 0.3) is 5.69 Å². The van der Waals surface area contributed by atoms with Gasteiger partial charge in [-0.15, -0.1) is 0 Å². The van der Waals surface area contributed by atoms with Gasteiger partial charge in [0.05, 0.1) is 36.3 Å². The van der Waals surface area contributed by atoms with Gasteiger partial charge >= 0.3 is 0 Å². The average molecular weight is 482 g/mol. The molecule has 5 aromatic rings. The minimum absolute atomic E-state index is 0.177. The highest BCUT2D eigenvalue weighted by Gasteiger charge is 2.25. The summed E-state index contributed by atoms with van der Waals surface area (Å²) in [6, 6.07) is 28.3. The lowest BCUT2D eigenvalue weighted by atomic mass is 10.1. The number of amides is 1. The van der Waals surface area contributed by atoms with Crippen molar-refractivity contribution in [3.8, 4) is 17.3 Å². The molecule has 0 aliphatic heterocycles. The molecule has 5 rings (SSSR count). The molecule has 0 radical (unpaired) electrons. The molecule has 0 saturated carbocycles. The average Bonchev–Trinajstić information content (AvgIpc) is 3.52. The van der Waals surface area contributed by atoms with Gasteiger partial charge in [-0.1, -0.05) is 42.5 Å². The SMILES string of the molecule is Cc1nn(-c2ccccc2)c(Oc2ccccc2)c1CN(Cc1ccco1)C(=O)c1cccc(F)c1. The van der Waals surface area contributed by atoms with Crippen LogP contribution in [0.4, 0.5) is 4.39 Å². The van der Waals surface area contributed by atoms with Crippen molar-refractivity contribution in [2.45, 2.75) is 20.0 Å². The van der Waals surface area contributed by atoms with Gasteiger partial charge in [-0.3, -0.25) is 4.79 Å². The number of carbonyl (C=O) groups is 1. The highest BCUT2D eigenvalue weighted by Crippen LogP contribution is 2.32. The third-order valence-electron chi connectivity index (χ3n) is 5.73. The van der Waals surface area contributed by atoms with Crippen LogP contribution < -0.4 is 4.74 Å². The van der Waals surface area contributed by atoms with Crippen molar-refractivity contribution in [2.75, 3.05) is 0 Å². The Balaban J connectivity index is 1.57. The number of hydrogen-bond donors (Lipinski definition) is 0. The van der Waals surface area contributed by atoms with Crippen LogP contribution >= 0.6 is 0 Å².